The molecule has 0 saturated heterocycles. The minimum absolute atomic E-state index is 0.494. The first-order chi connectivity index (χ1) is 9.20. The highest BCUT2D eigenvalue weighted by molar-refractivity contribution is 5.16. The summed E-state index contributed by atoms with van der Waals surface area (Å²) >= 11 is 0. The van der Waals surface area contributed by atoms with E-state index in [-0.39, 0.29) is 0 Å². The van der Waals surface area contributed by atoms with E-state index in [4.69, 9.17) is 9.47 Å². The molecule has 2 heteroatoms. The van der Waals surface area contributed by atoms with Gasteiger partial charge in [0.05, 0.1) is 13.2 Å². The van der Waals surface area contributed by atoms with Crippen molar-refractivity contribution in [1.29, 1.82) is 0 Å². The Balaban J connectivity index is 2.56. The van der Waals surface area contributed by atoms with Crippen LogP contribution in [0.15, 0.2) is 30.3 Å². The Hall–Kier alpha value is -0.860. The topological polar surface area (TPSA) is 18.5 Å². The Kier molecular flexibility index (Phi) is 7.76. The molecule has 0 spiro atoms. The van der Waals surface area contributed by atoms with Gasteiger partial charge in [-0.25, -0.2) is 0 Å². The Morgan fingerprint density at radius 2 is 1.42 bits per heavy atom. The Labute approximate surface area is 118 Å². The van der Waals surface area contributed by atoms with Gasteiger partial charge >= 0.3 is 0 Å². The molecule has 0 aliphatic heterocycles. The maximum atomic E-state index is 6.00. The van der Waals surface area contributed by atoms with Gasteiger partial charge in [-0.1, -0.05) is 57.0 Å². The van der Waals surface area contributed by atoms with Crippen molar-refractivity contribution in [3.63, 3.8) is 0 Å². The third-order valence-corrected chi connectivity index (χ3v) is 3.18. The molecule has 0 saturated carbocycles. The normalized spacial score (nSPS) is 11.7. The van der Waals surface area contributed by atoms with Crippen molar-refractivity contribution in [3.8, 4) is 0 Å². The van der Waals surface area contributed by atoms with Gasteiger partial charge in [0.15, 0.2) is 5.79 Å². The summed E-state index contributed by atoms with van der Waals surface area (Å²) in [5.74, 6) is -0.494. The molecule has 0 aliphatic carbocycles. The van der Waals surface area contributed by atoms with Crippen LogP contribution in [0.1, 0.15) is 52.0 Å². The zero-order chi connectivity index (χ0) is 14.0. The monoisotopic (exact) mass is 264 g/mol. The first kappa shape index (κ1) is 16.2. The molecule has 108 valence electrons. The predicted octanol–water partition coefficient (Wildman–Crippen LogP) is 4.58. The molecule has 0 bridgehead atoms. The molecule has 2 nitrogen and oxygen atoms in total. The van der Waals surface area contributed by atoms with Crippen molar-refractivity contribution in [3.05, 3.63) is 35.9 Å². The minimum Gasteiger partial charge on any atom is -0.350 e. The molecule has 0 amide bonds. The maximum absolute atomic E-state index is 6.00. The summed E-state index contributed by atoms with van der Waals surface area (Å²) in [7, 11) is 0. The molecule has 1 rings (SSSR count). The Bertz CT molecular complexity index is 311. The van der Waals surface area contributed by atoms with Crippen molar-refractivity contribution >= 4 is 0 Å². The zero-order valence-electron chi connectivity index (χ0n) is 12.7. The molecule has 0 unspecified atom stereocenters. The fraction of sp³-hybridized carbons (Fsp3) is 0.647. The summed E-state index contributed by atoms with van der Waals surface area (Å²) in [6.07, 6.45) is 5.27. The van der Waals surface area contributed by atoms with Gasteiger partial charge in [-0.3, -0.25) is 0 Å². The van der Waals surface area contributed by atoms with Crippen LogP contribution in [0.4, 0.5) is 0 Å². The van der Waals surface area contributed by atoms with Gasteiger partial charge in [-0.2, -0.15) is 0 Å². The van der Waals surface area contributed by atoms with Crippen LogP contribution in [-0.2, 0) is 15.9 Å². The van der Waals surface area contributed by atoms with Crippen molar-refractivity contribution in [2.24, 2.45) is 0 Å². The number of hydrogen-bond acceptors (Lipinski definition) is 2. The summed E-state index contributed by atoms with van der Waals surface area (Å²) < 4.78 is 12.0. The lowest BCUT2D eigenvalue weighted by atomic mass is 10.1. The van der Waals surface area contributed by atoms with E-state index >= 15 is 0 Å². The molecule has 0 aromatic heterocycles. The molecule has 0 heterocycles. The Morgan fingerprint density at radius 3 is 1.89 bits per heavy atom. The summed E-state index contributed by atoms with van der Waals surface area (Å²) in [6.45, 7) is 7.95. The summed E-state index contributed by atoms with van der Waals surface area (Å²) in [4.78, 5) is 0. The molecular weight excluding hydrogens is 236 g/mol. The number of unbranched alkanes of at least 4 members (excludes halogenated alkanes) is 2. The molecular formula is C17H28O2. The summed E-state index contributed by atoms with van der Waals surface area (Å²) in [5, 5.41) is 0. The van der Waals surface area contributed by atoms with Gasteiger partial charge in [-0.05, 0) is 25.3 Å². The van der Waals surface area contributed by atoms with E-state index in [0.717, 1.165) is 45.3 Å². The second-order valence-corrected chi connectivity index (χ2v) is 5.20. The number of ether oxygens (including phenoxy) is 2. The van der Waals surface area contributed by atoms with Crippen molar-refractivity contribution in [1.82, 2.24) is 0 Å². The van der Waals surface area contributed by atoms with Crippen LogP contribution in [0.25, 0.3) is 0 Å². The summed E-state index contributed by atoms with van der Waals surface area (Å²) in [5.41, 5.74) is 1.26. The lowest BCUT2D eigenvalue weighted by Gasteiger charge is -2.30. The molecule has 0 N–H and O–H groups in total. The maximum Gasteiger partial charge on any atom is 0.169 e. The van der Waals surface area contributed by atoms with Crippen LogP contribution in [0.5, 0.6) is 0 Å². The molecule has 1 aromatic carbocycles. The van der Waals surface area contributed by atoms with Gasteiger partial charge in [0.2, 0.25) is 0 Å². The second kappa shape index (κ2) is 9.11. The van der Waals surface area contributed by atoms with Gasteiger partial charge in [0.25, 0.3) is 0 Å². The van der Waals surface area contributed by atoms with Crippen LogP contribution >= 0.6 is 0 Å². The van der Waals surface area contributed by atoms with Crippen molar-refractivity contribution < 1.29 is 9.47 Å². The highest BCUT2D eigenvalue weighted by Gasteiger charge is 2.26. The molecule has 19 heavy (non-hydrogen) atoms. The van der Waals surface area contributed by atoms with Crippen LogP contribution < -0.4 is 0 Å². The largest absolute Gasteiger partial charge is 0.350 e. The molecule has 0 fully saturated rings. The van der Waals surface area contributed by atoms with E-state index in [1.54, 1.807) is 0 Å². The zero-order valence-corrected chi connectivity index (χ0v) is 12.7. The first-order valence-electron chi connectivity index (χ1n) is 7.52. The van der Waals surface area contributed by atoms with Gasteiger partial charge in [0, 0.05) is 6.42 Å². The van der Waals surface area contributed by atoms with E-state index in [0.29, 0.717) is 0 Å². The van der Waals surface area contributed by atoms with E-state index in [2.05, 4.69) is 45.0 Å². The predicted molar refractivity (Wildman–Crippen MR) is 80.3 cm³/mol. The number of benzene rings is 1. The highest BCUT2D eigenvalue weighted by atomic mass is 16.7. The van der Waals surface area contributed by atoms with Crippen LogP contribution in [-0.4, -0.2) is 19.0 Å². The van der Waals surface area contributed by atoms with E-state index in [1.165, 1.54) is 5.56 Å². The quantitative estimate of drug-likeness (QED) is 0.455. The lowest BCUT2D eigenvalue weighted by molar-refractivity contribution is -0.225. The van der Waals surface area contributed by atoms with Crippen molar-refractivity contribution in [2.75, 3.05) is 13.2 Å². The highest BCUT2D eigenvalue weighted by Crippen LogP contribution is 2.20. The third kappa shape index (κ3) is 6.74. The molecule has 0 atom stereocenters. The third-order valence-electron chi connectivity index (χ3n) is 3.18. The van der Waals surface area contributed by atoms with Gasteiger partial charge < -0.3 is 9.47 Å². The molecule has 1 aromatic rings. The van der Waals surface area contributed by atoms with Crippen LogP contribution in [0, 0.1) is 0 Å². The fourth-order valence-corrected chi connectivity index (χ4v) is 1.98. The van der Waals surface area contributed by atoms with E-state index < -0.39 is 5.79 Å². The standard InChI is InChI=1S/C17H28O2/c1-4-6-13-18-17(3,19-14-7-5-2)15-16-11-9-8-10-12-16/h8-12H,4-7,13-15H2,1-3H3. The fourth-order valence-electron chi connectivity index (χ4n) is 1.98. The lowest BCUT2D eigenvalue weighted by Crippen LogP contribution is -2.35. The minimum atomic E-state index is -0.494. The van der Waals surface area contributed by atoms with Crippen LogP contribution in [0.3, 0.4) is 0 Å². The average Bonchev–Trinajstić information content (AvgIpc) is 2.40. The number of rotatable bonds is 10. The molecule has 0 aliphatic rings. The van der Waals surface area contributed by atoms with Gasteiger partial charge in [0.1, 0.15) is 0 Å². The average molecular weight is 264 g/mol. The smallest absolute Gasteiger partial charge is 0.169 e. The second-order valence-electron chi connectivity index (χ2n) is 5.20. The SMILES string of the molecule is CCCCOC(C)(Cc1ccccc1)OCCCC. The van der Waals surface area contributed by atoms with Crippen LogP contribution in [0.2, 0.25) is 0 Å². The van der Waals surface area contributed by atoms with Crippen molar-refractivity contribution in [2.45, 2.75) is 58.7 Å². The first-order valence-corrected chi connectivity index (χ1v) is 7.52. The van der Waals surface area contributed by atoms with Gasteiger partial charge in [-0.15, -0.1) is 0 Å². The molecule has 0 radical (unpaired) electrons. The summed E-state index contributed by atoms with van der Waals surface area (Å²) in [6, 6.07) is 10.4. The van der Waals surface area contributed by atoms with E-state index in [9.17, 15) is 0 Å². The number of hydrogen-bond donors (Lipinski definition) is 0. The Morgan fingerprint density at radius 1 is 0.895 bits per heavy atom. The van der Waals surface area contributed by atoms with E-state index in [1.807, 2.05) is 6.07 Å².